The van der Waals surface area contributed by atoms with Crippen LogP contribution < -0.4 is 21.1 Å². The van der Waals surface area contributed by atoms with Gasteiger partial charge in [0.25, 0.3) is 5.91 Å². The predicted octanol–water partition coefficient (Wildman–Crippen LogP) is 1.86. The summed E-state index contributed by atoms with van der Waals surface area (Å²) in [6, 6.07) is 2.57. The lowest BCUT2D eigenvalue weighted by molar-refractivity contribution is 0.0996. The molecule has 4 N–H and O–H groups in total. The number of aromatic nitrogens is 1. The molecule has 2 heterocycles. The highest BCUT2D eigenvalue weighted by Crippen LogP contribution is 2.30. The van der Waals surface area contributed by atoms with Crippen LogP contribution in [0.15, 0.2) is 18.2 Å². The van der Waals surface area contributed by atoms with Crippen LogP contribution in [0.2, 0.25) is 0 Å². The first kappa shape index (κ1) is 23.8. The van der Waals surface area contributed by atoms with Crippen LogP contribution in [0.3, 0.4) is 0 Å². The first-order valence-electron chi connectivity index (χ1n) is 10.2. The summed E-state index contributed by atoms with van der Waals surface area (Å²) in [5.74, 6) is -2.47. The van der Waals surface area contributed by atoms with Crippen LogP contribution in [0.5, 0.6) is 5.88 Å². The number of primary amides is 1. The first-order valence-corrected chi connectivity index (χ1v) is 10.9. The summed E-state index contributed by atoms with van der Waals surface area (Å²) in [5, 5.41) is 5.42. The second-order valence-corrected chi connectivity index (χ2v) is 8.23. The summed E-state index contributed by atoms with van der Waals surface area (Å²) in [5.41, 5.74) is 5.39. The molecule has 0 saturated carbocycles. The number of benzene rings is 1. The van der Waals surface area contributed by atoms with Gasteiger partial charge in [0, 0.05) is 44.4 Å². The van der Waals surface area contributed by atoms with E-state index < -0.39 is 23.6 Å². The van der Waals surface area contributed by atoms with Crippen molar-refractivity contribution in [3.8, 4) is 5.88 Å². The van der Waals surface area contributed by atoms with E-state index in [0.29, 0.717) is 6.54 Å². The normalized spacial score (nSPS) is 14.8. The maximum Gasteiger partial charge on any atom is 0.319 e. The standard InChI is InChI=1S/C20H26F2N6O3S/c1-27-7-9-28(10-8-27)6-2-5-24-20(30)25-19-16(17(23)29)18(26-32-19)31-12-13-3-4-14(21)11-15(13)22/h3-4,11H,2,5-10,12H2,1H3,(H2,23,29)(H2,24,25,30). The largest absolute Gasteiger partial charge is 0.471 e. The van der Waals surface area contributed by atoms with Gasteiger partial charge < -0.3 is 25.6 Å². The van der Waals surface area contributed by atoms with E-state index in [1.54, 1.807) is 0 Å². The van der Waals surface area contributed by atoms with Crippen LogP contribution in [0, 0.1) is 11.6 Å². The van der Waals surface area contributed by atoms with Crippen molar-refractivity contribution >= 4 is 28.5 Å². The van der Waals surface area contributed by atoms with Gasteiger partial charge in [0.1, 0.15) is 28.8 Å². The van der Waals surface area contributed by atoms with E-state index in [2.05, 4.69) is 31.9 Å². The van der Waals surface area contributed by atoms with Crippen molar-refractivity contribution in [2.24, 2.45) is 5.73 Å². The molecule has 32 heavy (non-hydrogen) atoms. The van der Waals surface area contributed by atoms with Crippen molar-refractivity contribution in [3.05, 3.63) is 41.0 Å². The zero-order valence-electron chi connectivity index (χ0n) is 17.7. The smallest absolute Gasteiger partial charge is 0.319 e. The number of halogens is 2. The number of urea groups is 1. The van der Waals surface area contributed by atoms with E-state index in [9.17, 15) is 18.4 Å². The molecule has 0 bridgehead atoms. The molecule has 1 aliphatic rings. The fourth-order valence-corrected chi connectivity index (χ4v) is 3.92. The maximum atomic E-state index is 13.8. The number of piperazine rings is 1. The van der Waals surface area contributed by atoms with Crippen LogP contribution in [-0.2, 0) is 6.61 Å². The lowest BCUT2D eigenvalue weighted by Gasteiger charge is -2.32. The molecule has 1 saturated heterocycles. The highest BCUT2D eigenvalue weighted by Gasteiger charge is 2.22. The van der Waals surface area contributed by atoms with Gasteiger partial charge >= 0.3 is 6.03 Å². The highest BCUT2D eigenvalue weighted by molar-refractivity contribution is 7.11. The van der Waals surface area contributed by atoms with Gasteiger partial charge in [-0.1, -0.05) is 0 Å². The number of hydrogen-bond donors (Lipinski definition) is 3. The van der Waals surface area contributed by atoms with E-state index in [1.807, 2.05) is 0 Å². The van der Waals surface area contributed by atoms with Gasteiger partial charge in [0.2, 0.25) is 5.88 Å². The summed E-state index contributed by atoms with van der Waals surface area (Å²) in [7, 11) is 2.10. The number of likely N-dealkylation sites (N-methyl/N-ethyl adjacent to an activating group) is 1. The number of nitrogens with one attached hydrogen (secondary N) is 2. The number of ether oxygens (including phenoxy) is 1. The average Bonchev–Trinajstić information content (AvgIpc) is 3.14. The quantitative estimate of drug-likeness (QED) is 0.484. The molecule has 0 radical (unpaired) electrons. The van der Waals surface area contributed by atoms with Crippen molar-refractivity contribution in [3.63, 3.8) is 0 Å². The number of hydrogen-bond acceptors (Lipinski definition) is 7. The molecular weight excluding hydrogens is 442 g/mol. The van der Waals surface area contributed by atoms with Crippen molar-refractivity contribution in [1.29, 1.82) is 0 Å². The van der Waals surface area contributed by atoms with Crippen molar-refractivity contribution in [2.45, 2.75) is 13.0 Å². The zero-order valence-corrected chi connectivity index (χ0v) is 18.5. The van der Waals surface area contributed by atoms with Gasteiger partial charge in [-0.2, -0.15) is 4.37 Å². The van der Waals surface area contributed by atoms with Gasteiger partial charge in [-0.3, -0.25) is 10.1 Å². The summed E-state index contributed by atoms with van der Waals surface area (Å²) < 4.78 is 36.2. The van der Waals surface area contributed by atoms with Crippen molar-refractivity contribution in [1.82, 2.24) is 19.5 Å². The van der Waals surface area contributed by atoms with Crippen LogP contribution in [0.1, 0.15) is 22.3 Å². The number of carbonyl (C=O) groups excluding carboxylic acids is 2. The van der Waals surface area contributed by atoms with Crippen LogP contribution in [-0.4, -0.2) is 72.4 Å². The third-order valence-corrected chi connectivity index (χ3v) is 5.79. The molecule has 0 atom stereocenters. The molecule has 0 unspecified atom stereocenters. The Morgan fingerprint density at radius 1 is 1.25 bits per heavy atom. The fourth-order valence-electron chi connectivity index (χ4n) is 3.18. The Labute approximate surface area is 188 Å². The Bertz CT molecular complexity index is 949. The lowest BCUT2D eigenvalue weighted by atomic mass is 10.2. The SMILES string of the molecule is CN1CCN(CCCNC(=O)Nc2snc(OCc3ccc(F)cc3F)c2C(N)=O)CC1. The minimum atomic E-state index is -0.848. The maximum absolute atomic E-state index is 13.8. The van der Waals surface area contributed by atoms with Gasteiger partial charge in [0.05, 0.1) is 0 Å². The predicted molar refractivity (Wildman–Crippen MR) is 117 cm³/mol. The molecule has 1 aromatic heterocycles. The number of amides is 3. The monoisotopic (exact) mass is 468 g/mol. The molecule has 2 aromatic rings. The Morgan fingerprint density at radius 2 is 2.00 bits per heavy atom. The van der Waals surface area contributed by atoms with Crippen molar-refractivity contribution < 1.29 is 23.1 Å². The zero-order chi connectivity index (χ0) is 23.1. The van der Waals surface area contributed by atoms with Crippen LogP contribution >= 0.6 is 11.5 Å². The highest BCUT2D eigenvalue weighted by atomic mass is 32.1. The molecule has 0 aliphatic carbocycles. The Kier molecular flexibility index (Phi) is 8.31. The number of rotatable bonds is 9. The minimum absolute atomic E-state index is 0.0856. The summed E-state index contributed by atoms with van der Waals surface area (Å²) in [6.45, 7) is 5.16. The Morgan fingerprint density at radius 3 is 2.69 bits per heavy atom. The molecule has 0 spiro atoms. The van der Waals surface area contributed by atoms with E-state index in [4.69, 9.17) is 10.5 Å². The molecule has 1 fully saturated rings. The molecule has 174 valence electrons. The number of nitrogens with two attached hydrogens (primary N) is 1. The van der Waals surface area contributed by atoms with E-state index >= 15 is 0 Å². The van der Waals surface area contributed by atoms with Crippen LogP contribution in [0.4, 0.5) is 18.6 Å². The van der Waals surface area contributed by atoms with Crippen molar-refractivity contribution in [2.75, 3.05) is 51.6 Å². The summed E-state index contributed by atoms with van der Waals surface area (Å²) in [6.07, 6.45) is 0.792. The van der Waals surface area contributed by atoms with E-state index in [0.717, 1.165) is 62.8 Å². The fraction of sp³-hybridized carbons (Fsp3) is 0.450. The number of nitrogens with zero attached hydrogens (tertiary/aromatic N) is 3. The molecule has 3 amide bonds. The van der Waals surface area contributed by atoms with E-state index in [-0.39, 0.29) is 28.6 Å². The third-order valence-electron chi connectivity index (χ3n) is 5.05. The molecule has 9 nitrogen and oxygen atoms in total. The summed E-state index contributed by atoms with van der Waals surface area (Å²) >= 11 is 0.822. The topological polar surface area (TPSA) is 113 Å². The number of carbonyl (C=O) groups is 2. The molecule has 1 aliphatic heterocycles. The molecule has 12 heteroatoms. The Hall–Kier alpha value is -2.83. The second-order valence-electron chi connectivity index (χ2n) is 7.46. The molecule has 1 aromatic carbocycles. The number of anilines is 1. The van der Waals surface area contributed by atoms with Gasteiger partial charge in [-0.15, -0.1) is 0 Å². The lowest BCUT2D eigenvalue weighted by Crippen LogP contribution is -2.45. The van der Waals surface area contributed by atoms with E-state index in [1.165, 1.54) is 6.07 Å². The van der Waals surface area contributed by atoms with Gasteiger partial charge in [0.15, 0.2) is 0 Å². The molecule has 3 rings (SSSR count). The second kappa shape index (κ2) is 11.2. The first-order chi connectivity index (χ1) is 15.3. The van der Waals surface area contributed by atoms with Gasteiger partial charge in [-0.25, -0.2) is 13.6 Å². The van der Waals surface area contributed by atoms with Gasteiger partial charge in [-0.05, 0) is 43.7 Å². The third kappa shape index (κ3) is 6.58. The minimum Gasteiger partial charge on any atom is -0.471 e. The molecular formula is C20H26F2N6O3S. The average molecular weight is 469 g/mol. The Balaban J connectivity index is 1.49. The van der Waals surface area contributed by atoms with Crippen LogP contribution in [0.25, 0.3) is 0 Å². The summed E-state index contributed by atoms with van der Waals surface area (Å²) in [4.78, 5) is 28.7.